The Morgan fingerprint density at radius 1 is 1.25 bits per heavy atom. The summed E-state index contributed by atoms with van der Waals surface area (Å²) < 4.78 is 1.42. The number of rotatable bonds is 5. The Kier molecular flexibility index (Phi) is 4.52. The Bertz CT molecular complexity index is 974. The molecule has 0 radical (unpaired) electrons. The monoisotopic (exact) mass is 341 g/mol. The van der Waals surface area contributed by atoms with Crippen LogP contribution in [0.1, 0.15) is 23.7 Å². The number of hydrogen-bond acceptors (Lipinski definition) is 5. The number of amides is 1. The van der Waals surface area contributed by atoms with Gasteiger partial charge < -0.3 is 5.32 Å². The normalized spacial score (nSPS) is 10.7. The molecule has 0 aliphatic carbocycles. The molecule has 24 heavy (non-hydrogen) atoms. The molecular weight excluding hydrogens is 326 g/mol. The Hall–Kier alpha value is -2.80. The summed E-state index contributed by atoms with van der Waals surface area (Å²) in [6.07, 6.45) is 1.57. The summed E-state index contributed by atoms with van der Waals surface area (Å²) in [6.45, 7) is 1.68. The average Bonchev–Trinajstić information content (AvgIpc) is 3.04. The van der Waals surface area contributed by atoms with Gasteiger partial charge in [0.05, 0.1) is 17.4 Å². The van der Waals surface area contributed by atoms with Gasteiger partial charge in [-0.1, -0.05) is 12.1 Å². The van der Waals surface area contributed by atoms with E-state index in [0.29, 0.717) is 21.5 Å². The van der Waals surface area contributed by atoms with Crippen LogP contribution < -0.4 is 10.9 Å². The summed E-state index contributed by atoms with van der Waals surface area (Å²) in [5.41, 5.74) is 0.788. The maximum atomic E-state index is 12.3. The zero-order valence-corrected chi connectivity index (χ0v) is 13.8. The Balaban J connectivity index is 1.70. The van der Waals surface area contributed by atoms with Crippen LogP contribution in [-0.2, 0) is 11.3 Å². The van der Waals surface area contributed by atoms with Crippen LogP contribution in [-0.4, -0.2) is 21.2 Å². The van der Waals surface area contributed by atoms with E-state index in [4.69, 9.17) is 0 Å². The fraction of sp³-hybridized carbons (Fsp3) is 0.176. The van der Waals surface area contributed by atoms with Gasteiger partial charge in [-0.2, -0.15) is 0 Å². The summed E-state index contributed by atoms with van der Waals surface area (Å²) in [6, 6.07) is 8.57. The SMILES string of the molecule is CC(=O)c1ccccc1NC(=O)CCn1cnc2sccc2c1=O. The van der Waals surface area contributed by atoms with E-state index in [2.05, 4.69) is 10.3 Å². The van der Waals surface area contributed by atoms with Crippen molar-refractivity contribution >= 4 is 38.9 Å². The maximum absolute atomic E-state index is 12.3. The molecule has 0 saturated carbocycles. The van der Waals surface area contributed by atoms with Gasteiger partial charge in [0.25, 0.3) is 5.56 Å². The van der Waals surface area contributed by atoms with Gasteiger partial charge in [0, 0.05) is 18.5 Å². The molecule has 0 bridgehead atoms. The highest BCUT2D eigenvalue weighted by Crippen LogP contribution is 2.16. The lowest BCUT2D eigenvalue weighted by Crippen LogP contribution is -2.23. The second-order valence-corrected chi connectivity index (χ2v) is 6.18. The molecule has 0 saturated heterocycles. The van der Waals surface area contributed by atoms with Gasteiger partial charge in [0.1, 0.15) is 4.83 Å². The van der Waals surface area contributed by atoms with E-state index in [9.17, 15) is 14.4 Å². The quantitative estimate of drug-likeness (QED) is 0.724. The molecule has 2 heterocycles. The van der Waals surface area contributed by atoms with E-state index in [0.717, 1.165) is 0 Å². The smallest absolute Gasteiger partial charge is 0.262 e. The summed E-state index contributed by atoms with van der Waals surface area (Å²) in [4.78, 5) is 40.9. The average molecular weight is 341 g/mol. The van der Waals surface area contributed by atoms with Crippen molar-refractivity contribution in [3.05, 3.63) is 58.0 Å². The minimum absolute atomic E-state index is 0.115. The van der Waals surface area contributed by atoms with Gasteiger partial charge in [-0.05, 0) is 30.5 Å². The predicted octanol–water partition coefficient (Wildman–Crippen LogP) is 2.69. The third-order valence-electron chi connectivity index (χ3n) is 3.61. The molecule has 0 fully saturated rings. The van der Waals surface area contributed by atoms with Crippen molar-refractivity contribution < 1.29 is 9.59 Å². The maximum Gasteiger partial charge on any atom is 0.262 e. The molecule has 1 amide bonds. The second-order valence-electron chi connectivity index (χ2n) is 5.28. The summed E-state index contributed by atoms with van der Waals surface area (Å²) in [5, 5.41) is 5.09. The van der Waals surface area contributed by atoms with Gasteiger partial charge in [0.15, 0.2) is 5.78 Å². The molecule has 2 aromatic heterocycles. The predicted molar refractivity (Wildman–Crippen MR) is 93.6 cm³/mol. The Morgan fingerprint density at radius 3 is 2.83 bits per heavy atom. The van der Waals surface area contributed by atoms with Gasteiger partial charge in [-0.15, -0.1) is 11.3 Å². The van der Waals surface area contributed by atoms with Gasteiger partial charge >= 0.3 is 0 Å². The number of nitrogens with zero attached hydrogens (tertiary/aromatic N) is 2. The van der Waals surface area contributed by atoms with E-state index >= 15 is 0 Å². The molecule has 0 spiro atoms. The molecule has 7 heteroatoms. The lowest BCUT2D eigenvalue weighted by atomic mass is 10.1. The lowest BCUT2D eigenvalue weighted by molar-refractivity contribution is -0.116. The summed E-state index contributed by atoms with van der Waals surface area (Å²) in [7, 11) is 0. The molecule has 0 unspecified atom stereocenters. The molecule has 0 aliphatic rings. The van der Waals surface area contributed by atoms with E-state index in [1.807, 2.05) is 5.38 Å². The molecule has 1 N–H and O–H groups in total. The van der Waals surface area contributed by atoms with E-state index < -0.39 is 0 Å². The van der Waals surface area contributed by atoms with Crippen molar-refractivity contribution in [1.29, 1.82) is 0 Å². The number of carbonyl (C=O) groups excluding carboxylic acids is 2. The van der Waals surface area contributed by atoms with Crippen LogP contribution >= 0.6 is 11.3 Å². The van der Waals surface area contributed by atoms with Gasteiger partial charge in [-0.3, -0.25) is 19.0 Å². The van der Waals surface area contributed by atoms with Gasteiger partial charge in [0.2, 0.25) is 5.91 Å². The first-order valence-electron chi connectivity index (χ1n) is 7.38. The largest absolute Gasteiger partial charge is 0.325 e. The highest BCUT2D eigenvalue weighted by Gasteiger charge is 2.11. The minimum atomic E-state index is -0.263. The highest BCUT2D eigenvalue weighted by atomic mass is 32.1. The van der Waals surface area contributed by atoms with Crippen molar-refractivity contribution in [2.45, 2.75) is 19.9 Å². The minimum Gasteiger partial charge on any atom is -0.325 e. The number of aromatic nitrogens is 2. The number of benzene rings is 1. The number of Topliss-reactive ketones (excluding diaryl/α,β-unsaturated/α-hetero) is 1. The second kappa shape index (κ2) is 6.76. The molecule has 122 valence electrons. The first-order valence-corrected chi connectivity index (χ1v) is 8.26. The fourth-order valence-electron chi connectivity index (χ4n) is 2.39. The topological polar surface area (TPSA) is 81.1 Å². The molecule has 0 aliphatic heterocycles. The number of fused-ring (bicyclic) bond motifs is 1. The van der Waals surface area contributed by atoms with Crippen molar-refractivity contribution in [3.63, 3.8) is 0 Å². The number of nitrogens with one attached hydrogen (secondary N) is 1. The third-order valence-corrected chi connectivity index (χ3v) is 4.43. The Labute approximate surface area is 141 Å². The molecule has 3 rings (SSSR count). The highest BCUT2D eigenvalue weighted by molar-refractivity contribution is 7.16. The number of carbonyl (C=O) groups is 2. The summed E-state index contributed by atoms with van der Waals surface area (Å²) in [5.74, 6) is -0.379. The van der Waals surface area contributed by atoms with Crippen LogP contribution in [0.5, 0.6) is 0 Å². The fourth-order valence-corrected chi connectivity index (χ4v) is 3.11. The van der Waals surface area contributed by atoms with Crippen LogP contribution in [0, 0.1) is 0 Å². The first-order chi connectivity index (χ1) is 11.6. The van der Waals surface area contributed by atoms with Crippen LogP contribution in [0.2, 0.25) is 0 Å². The number of ketones is 1. The van der Waals surface area contributed by atoms with Crippen molar-refractivity contribution in [1.82, 2.24) is 9.55 Å². The first kappa shape index (κ1) is 16.1. The number of hydrogen-bond donors (Lipinski definition) is 1. The van der Waals surface area contributed by atoms with Crippen LogP contribution in [0.25, 0.3) is 10.2 Å². The molecular formula is C17H15N3O3S. The third kappa shape index (κ3) is 3.26. The van der Waals surface area contributed by atoms with Crippen LogP contribution in [0.3, 0.4) is 0 Å². The zero-order valence-electron chi connectivity index (χ0n) is 13.0. The van der Waals surface area contributed by atoms with E-state index in [-0.39, 0.29) is 30.2 Å². The molecule has 1 aromatic carbocycles. The molecule has 6 nitrogen and oxygen atoms in total. The number of para-hydroxylation sites is 1. The number of aryl methyl sites for hydroxylation is 1. The lowest BCUT2D eigenvalue weighted by Gasteiger charge is -2.09. The Morgan fingerprint density at radius 2 is 2.04 bits per heavy atom. The van der Waals surface area contributed by atoms with E-state index in [1.54, 1.807) is 30.3 Å². The number of thiophene rings is 1. The summed E-state index contributed by atoms with van der Waals surface area (Å²) >= 11 is 1.40. The van der Waals surface area contributed by atoms with Gasteiger partial charge in [-0.25, -0.2) is 4.98 Å². The molecule has 0 atom stereocenters. The number of anilines is 1. The van der Waals surface area contributed by atoms with Crippen LogP contribution in [0.15, 0.2) is 46.8 Å². The van der Waals surface area contributed by atoms with Crippen LogP contribution in [0.4, 0.5) is 5.69 Å². The standard InChI is InChI=1S/C17H15N3O3S/c1-11(21)12-4-2-3-5-14(12)19-15(22)6-8-20-10-18-16-13(17(20)23)7-9-24-16/h2-5,7,9-10H,6,8H2,1H3,(H,19,22). The molecule has 3 aromatic rings. The van der Waals surface area contributed by atoms with Crippen molar-refractivity contribution in [2.75, 3.05) is 5.32 Å². The zero-order chi connectivity index (χ0) is 17.1. The van der Waals surface area contributed by atoms with Crippen molar-refractivity contribution in [2.24, 2.45) is 0 Å². The van der Waals surface area contributed by atoms with Crippen molar-refractivity contribution in [3.8, 4) is 0 Å². The van der Waals surface area contributed by atoms with E-state index in [1.165, 1.54) is 29.2 Å².